The van der Waals surface area contributed by atoms with Gasteiger partial charge in [-0.3, -0.25) is 4.79 Å². The molecule has 2 aliphatic rings. The zero-order chi connectivity index (χ0) is 17.2. The first-order chi connectivity index (χ1) is 11.5. The van der Waals surface area contributed by atoms with Crippen LogP contribution in [0.2, 0.25) is 0 Å². The van der Waals surface area contributed by atoms with E-state index in [9.17, 15) is 4.79 Å². The Hall–Kier alpha value is -1.62. The Bertz CT molecular complexity index is 618. The molecule has 2 N–H and O–H groups in total. The minimum absolute atomic E-state index is 0.146. The molecule has 0 aromatic carbocycles. The fraction of sp³-hybridized carbons (Fsp3) is 0.684. The van der Waals surface area contributed by atoms with Crippen LogP contribution in [-0.2, 0) is 17.8 Å². The van der Waals surface area contributed by atoms with Crippen molar-refractivity contribution in [2.24, 2.45) is 5.41 Å². The smallest absolute Gasteiger partial charge is 0.228 e. The van der Waals surface area contributed by atoms with Gasteiger partial charge in [-0.15, -0.1) is 0 Å². The van der Waals surface area contributed by atoms with Crippen LogP contribution in [-0.4, -0.2) is 23.1 Å². The second-order valence-electron chi connectivity index (χ2n) is 7.56. The maximum Gasteiger partial charge on any atom is 0.228 e. The summed E-state index contributed by atoms with van der Waals surface area (Å²) in [7, 11) is 0. The standard InChI is InChI=1S/C19H29N3O2/c1-4-5-14-10-16(24-22-14)12-20-18(23)19(9-8-13(2)3)11-15-6-7-17(19)21-15/h8,10,15,17,21H,4-7,9,11-12H2,1-3H3,(H,20,23)/t15-,17+,19+/m0/s1. The van der Waals surface area contributed by atoms with Gasteiger partial charge >= 0.3 is 0 Å². The Morgan fingerprint density at radius 3 is 2.96 bits per heavy atom. The highest BCUT2D eigenvalue weighted by Crippen LogP contribution is 2.46. The summed E-state index contributed by atoms with van der Waals surface area (Å²) in [6, 6.07) is 2.74. The lowest BCUT2D eigenvalue weighted by Crippen LogP contribution is -2.48. The van der Waals surface area contributed by atoms with E-state index in [1.165, 1.54) is 12.0 Å². The number of nitrogens with zero attached hydrogens (tertiary/aromatic N) is 1. The van der Waals surface area contributed by atoms with Crippen molar-refractivity contribution in [1.29, 1.82) is 0 Å². The van der Waals surface area contributed by atoms with Crippen molar-refractivity contribution in [3.8, 4) is 0 Å². The summed E-state index contributed by atoms with van der Waals surface area (Å²) < 4.78 is 5.33. The van der Waals surface area contributed by atoms with Crippen LogP contribution in [0.25, 0.3) is 0 Å². The summed E-state index contributed by atoms with van der Waals surface area (Å²) in [6.45, 7) is 6.72. The van der Waals surface area contributed by atoms with Crippen LogP contribution < -0.4 is 10.6 Å². The van der Waals surface area contributed by atoms with Crippen molar-refractivity contribution in [3.63, 3.8) is 0 Å². The molecule has 1 aromatic heterocycles. The predicted molar refractivity (Wildman–Crippen MR) is 93.4 cm³/mol. The molecule has 0 saturated carbocycles. The zero-order valence-electron chi connectivity index (χ0n) is 15.0. The summed E-state index contributed by atoms with van der Waals surface area (Å²) in [6.07, 6.45) is 8.19. The van der Waals surface area contributed by atoms with Gasteiger partial charge in [-0.05, 0) is 46.0 Å². The number of carbonyl (C=O) groups excluding carboxylic acids is 1. The molecular formula is C19H29N3O2. The van der Waals surface area contributed by atoms with Crippen molar-refractivity contribution in [2.45, 2.75) is 77.9 Å². The van der Waals surface area contributed by atoms with E-state index in [-0.39, 0.29) is 11.3 Å². The van der Waals surface area contributed by atoms with Crippen molar-refractivity contribution in [1.82, 2.24) is 15.8 Å². The number of fused-ring (bicyclic) bond motifs is 2. The van der Waals surface area contributed by atoms with Crippen LogP contribution in [0, 0.1) is 5.41 Å². The SMILES string of the molecule is CCCc1cc(CNC(=O)[C@]2(CC=C(C)C)C[C@@H]3CC[C@H]2N3)on1. The van der Waals surface area contributed by atoms with Gasteiger partial charge in [0.15, 0.2) is 5.76 Å². The van der Waals surface area contributed by atoms with Crippen molar-refractivity contribution in [3.05, 3.63) is 29.2 Å². The lowest BCUT2D eigenvalue weighted by atomic mass is 9.70. The molecule has 1 amide bonds. The molecule has 132 valence electrons. The number of amides is 1. The van der Waals surface area contributed by atoms with Crippen LogP contribution in [0.1, 0.15) is 64.3 Å². The summed E-state index contributed by atoms with van der Waals surface area (Å²) in [5, 5.41) is 10.8. The number of hydrogen-bond acceptors (Lipinski definition) is 4. The number of hydrogen-bond donors (Lipinski definition) is 2. The van der Waals surface area contributed by atoms with Gasteiger partial charge in [0, 0.05) is 18.2 Å². The Morgan fingerprint density at radius 2 is 2.33 bits per heavy atom. The molecule has 2 bridgehead atoms. The first-order valence-corrected chi connectivity index (χ1v) is 9.15. The van der Waals surface area contributed by atoms with E-state index in [2.05, 4.69) is 42.6 Å². The summed E-state index contributed by atoms with van der Waals surface area (Å²) in [5.41, 5.74) is 1.92. The van der Waals surface area contributed by atoms with Crippen LogP contribution in [0.4, 0.5) is 0 Å². The Morgan fingerprint density at radius 1 is 1.50 bits per heavy atom. The summed E-state index contributed by atoms with van der Waals surface area (Å²) in [5.74, 6) is 0.883. The molecule has 5 heteroatoms. The third-order valence-corrected chi connectivity index (χ3v) is 5.38. The second-order valence-corrected chi connectivity index (χ2v) is 7.56. The fourth-order valence-corrected chi connectivity index (χ4v) is 4.11. The first kappa shape index (κ1) is 17.2. The second kappa shape index (κ2) is 7.09. The van der Waals surface area contributed by atoms with Gasteiger partial charge in [-0.2, -0.15) is 0 Å². The van der Waals surface area contributed by atoms with Gasteiger partial charge in [0.1, 0.15) is 0 Å². The molecule has 3 rings (SSSR count). The number of nitrogens with one attached hydrogen (secondary N) is 2. The van der Waals surface area contributed by atoms with Gasteiger partial charge in [0.25, 0.3) is 0 Å². The maximum atomic E-state index is 13.0. The van der Waals surface area contributed by atoms with Crippen LogP contribution in [0.3, 0.4) is 0 Å². The topological polar surface area (TPSA) is 67.2 Å². The number of aromatic nitrogens is 1. The van der Waals surface area contributed by atoms with Gasteiger partial charge < -0.3 is 15.2 Å². The van der Waals surface area contributed by atoms with E-state index in [1.807, 2.05) is 6.07 Å². The highest BCUT2D eigenvalue weighted by Gasteiger charge is 2.54. The Labute approximate surface area is 144 Å². The van der Waals surface area contributed by atoms with Gasteiger partial charge in [-0.25, -0.2) is 0 Å². The third-order valence-electron chi connectivity index (χ3n) is 5.38. The zero-order valence-corrected chi connectivity index (χ0v) is 15.0. The molecule has 5 nitrogen and oxygen atoms in total. The molecule has 24 heavy (non-hydrogen) atoms. The quantitative estimate of drug-likeness (QED) is 0.753. The van der Waals surface area contributed by atoms with Gasteiger partial charge in [-0.1, -0.05) is 30.2 Å². The van der Waals surface area contributed by atoms with E-state index in [4.69, 9.17) is 4.52 Å². The Kier molecular flexibility index (Phi) is 5.09. The average Bonchev–Trinajstić information content (AvgIpc) is 3.27. The maximum absolute atomic E-state index is 13.0. The van der Waals surface area contributed by atoms with E-state index < -0.39 is 0 Å². The van der Waals surface area contributed by atoms with Crippen LogP contribution >= 0.6 is 0 Å². The normalized spacial score (nSPS) is 28.1. The predicted octanol–water partition coefficient (Wildman–Crippen LogP) is 3.11. The van der Waals surface area contributed by atoms with Crippen molar-refractivity contribution < 1.29 is 9.32 Å². The molecule has 0 spiro atoms. The molecule has 0 unspecified atom stereocenters. The fourth-order valence-electron chi connectivity index (χ4n) is 4.11. The average molecular weight is 331 g/mol. The monoisotopic (exact) mass is 331 g/mol. The largest absolute Gasteiger partial charge is 0.359 e. The molecular weight excluding hydrogens is 302 g/mol. The minimum Gasteiger partial charge on any atom is -0.359 e. The highest BCUT2D eigenvalue weighted by atomic mass is 16.5. The van der Waals surface area contributed by atoms with E-state index in [0.29, 0.717) is 18.6 Å². The highest BCUT2D eigenvalue weighted by molar-refractivity contribution is 5.84. The molecule has 2 aliphatic heterocycles. The lowest BCUT2D eigenvalue weighted by molar-refractivity contribution is -0.132. The van der Waals surface area contributed by atoms with Crippen LogP contribution in [0.5, 0.6) is 0 Å². The number of allylic oxidation sites excluding steroid dienone is 2. The Balaban J connectivity index is 1.66. The first-order valence-electron chi connectivity index (χ1n) is 9.15. The molecule has 3 atom stereocenters. The van der Waals surface area contributed by atoms with E-state index in [0.717, 1.165) is 43.6 Å². The lowest BCUT2D eigenvalue weighted by Gasteiger charge is -2.34. The molecule has 0 radical (unpaired) electrons. The molecule has 2 saturated heterocycles. The third kappa shape index (κ3) is 3.41. The minimum atomic E-state index is -0.313. The molecule has 0 aliphatic carbocycles. The van der Waals surface area contributed by atoms with Crippen molar-refractivity contribution >= 4 is 5.91 Å². The van der Waals surface area contributed by atoms with Crippen molar-refractivity contribution in [2.75, 3.05) is 0 Å². The molecule has 2 fully saturated rings. The molecule has 1 aromatic rings. The number of rotatable bonds is 7. The summed E-state index contributed by atoms with van der Waals surface area (Å²) in [4.78, 5) is 13.0. The van der Waals surface area contributed by atoms with Crippen LogP contribution in [0.15, 0.2) is 22.2 Å². The molecule has 3 heterocycles. The summed E-state index contributed by atoms with van der Waals surface area (Å²) >= 11 is 0. The number of aryl methyl sites for hydroxylation is 1. The van der Waals surface area contributed by atoms with E-state index >= 15 is 0 Å². The van der Waals surface area contributed by atoms with Gasteiger partial charge in [0.05, 0.1) is 17.7 Å². The van der Waals surface area contributed by atoms with Gasteiger partial charge in [0.2, 0.25) is 5.91 Å². The van der Waals surface area contributed by atoms with E-state index in [1.54, 1.807) is 0 Å². The number of carbonyl (C=O) groups is 1.